The number of amides is 3. The lowest BCUT2D eigenvalue weighted by Crippen LogP contribution is -2.29. The summed E-state index contributed by atoms with van der Waals surface area (Å²) in [6.45, 7) is 0.0716. The fourth-order valence-electron chi connectivity index (χ4n) is 4.17. The fourth-order valence-corrected chi connectivity index (χ4v) is 5.21. The monoisotopic (exact) mass is 447 g/mol. The van der Waals surface area contributed by atoms with E-state index in [1.54, 1.807) is 42.5 Å². The number of hydrogen-bond donors (Lipinski definition) is 1. The number of hydrogen-bond acceptors (Lipinski definition) is 6. The number of carbonyl (C=O) groups excluding carboxylic acids is 3. The fraction of sp³-hybridized carbons (Fsp3) is 0.250. The Hall–Kier alpha value is -3.52. The summed E-state index contributed by atoms with van der Waals surface area (Å²) in [6.07, 6.45) is 4.22. The van der Waals surface area contributed by atoms with Gasteiger partial charge in [0.25, 0.3) is 17.7 Å². The molecule has 0 fully saturated rings. The summed E-state index contributed by atoms with van der Waals surface area (Å²) >= 11 is 1.51. The van der Waals surface area contributed by atoms with Gasteiger partial charge in [0.1, 0.15) is 5.75 Å². The Bertz CT molecular complexity index is 1190. The van der Waals surface area contributed by atoms with Crippen LogP contribution >= 0.6 is 11.3 Å². The summed E-state index contributed by atoms with van der Waals surface area (Å²) in [5.74, 6) is -0.589. The molecule has 2 heterocycles. The molecule has 5 rings (SSSR count). The van der Waals surface area contributed by atoms with E-state index in [0.717, 1.165) is 31.4 Å². The Morgan fingerprint density at radius 3 is 2.50 bits per heavy atom. The number of rotatable bonds is 5. The average molecular weight is 448 g/mol. The van der Waals surface area contributed by atoms with E-state index in [0.29, 0.717) is 33.1 Å². The Balaban J connectivity index is 1.38. The molecule has 7 nitrogen and oxygen atoms in total. The predicted molar refractivity (Wildman–Crippen MR) is 120 cm³/mol. The Kier molecular flexibility index (Phi) is 5.22. The molecule has 1 N–H and O–H groups in total. The minimum atomic E-state index is -0.336. The maximum atomic E-state index is 13.0. The highest BCUT2D eigenvalue weighted by Gasteiger charge is 2.35. The van der Waals surface area contributed by atoms with Crippen molar-refractivity contribution in [2.75, 3.05) is 12.4 Å². The number of nitrogens with one attached hydrogen (secondary N) is 1. The molecule has 32 heavy (non-hydrogen) atoms. The molecule has 0 saturated carbocycles. The molecular formula is C24H21N3O4S. The first-order chi connectivity index (χ1) is 15.5. The van der Waals surface area contributed by atoms with E-state index in [4.69, 9.17) is 4.74 Å². The molecule has 1 aliphatic heterocycles. The van der Waals surface area contributed by atoms with Crippen LogP contribution in [0.3, 0.4) is 0 Å². The SMILES string of the molecule is COc1ccc(CN2C(=O)c3ccccc3C2=O)cc1C(=O)Nc1nc2c(s1)CCCC2. The van der Waals surface area contributed by atoms with Crippen LogP contribution in [0.4, 0.5) is 5.13 Å². The number of aryl methyl sites for hydroxylation is 2. The van der Waals surface area contributed by atoms with Crippen molar-refractivity contribution in [3.63, 3.8) is 0 Å². The highest BCUT2D eigenvalue weighted by atomic mass is 32.1. The third kappa shape index (κ3) is 3.56. The summed E-state index contributed by atoms with van der Waals surface area (Å²) in [6, 6.07) is 11.9. The lowest BCUT2D eigenvalue weighted by atomic mass is 10.0. The summed E-state index contributed by atoms with van der Waals surface area (Å²) in [4.78, 5) is 45.4. The predicted octanol–water partition coefficient (Wildman–Crippen LogP) is 4.08. The van der Waals surface area contributed by atoms with E-state index >= 15 is 0 Å². The van der Waals surface area contributed by atoms with Crippen molar-refractivity contribution in [3.8, 4) is 5.75 Å². The van der Waals surface area contributed by atoms with Crippen LogP contribution in [0.5, 0.6) is 5.75 Å². The molecule has 0 radical (unpaired) electrons. The molecule has 1 aliphatic carbocycles. The van der Waals surface area contributed by atoms with Crippen LogP contribution in [0.1, 0.15) is 60.1 Å². The molecule has 3 aromatic rings. The third-order valence-corrected chi connectivity index (χ3v) is 6.87. The maximum absolute atomic E-state index is 13.0. The molecule has 8 heteroatoms. The third-order valence-electron chi connectivity index (χ3n) is 5.79. The van der Waals surface area contributed by atoms with Gasteiger partial charge in [-0.1, -0.05) is 18.2 Å². The molecule has 0 bridgehead atoms. The largest absolute Gasteiger partial charge is 0.496 e. The summed E-state index contributed by atoms with van der Waals surface area (Å²) in [5, 5.41) is 3.46. The highest BCUT2D eigenvalue weighted by molar-refractivity contribution is 7.15. The number of fused-ring (bicyclic) bond motifs is 2. The van der Waals surface area contributed by atoms with Crippen molar-refractivity contribution in [2.24, 2.45) is 0 Å². The van der Waals surface area contributed by atoms with E-state index in [-0.39, 0.29) is 24.3 Å². The second kappa shape index (κ2) is 8.20. The lowest BCUT2D eigenvalue weighted by molar-refractivity contribution is 0.0642. The van der Waals surface area contributed by atoms with Crippen molar-refractivity contribution in [1.82, 2.24) is 9.88 Å². The standard InChI is InChI=1S/C24H21N3O4S/c1-31-19-11-10-14(13-27-22(29)15-6-2-3-7-16(15)23(27)30)12-17(19)21(28)26-24-25-18-8-4-5-9-20(18)32-24/h2-3,6-7,10-12H,4-5,8-9,13H2,1H3,(H,25,26,28). The number of nitrogens with zero attached hydrogens (tertiary/aromatic N) is 2. The quantitative estimate of drug-likeness (QED) is 0.596. The summed E-state index contributed by atoms with van der Waals surface area (Å²) < 4.78 is 5.38. The number of thiazole rings is 1. The van der Waals surface area contributed by atoms with Gasteiger partial charge in [-0.15, -0.1) is 11.3 Å². The van der Waals surface area contributed by atoms with Crippen LogP contribution in [0, 0.1) is 0 Å². The van der Waals surface area contributed by atoms with Gasteiger partial charge in [0.2, 0.25) is 0 Å². The van der Waals surface area contributed by atoms with Crippen LogP contribution in [-0.4, -0.2) is 34.7 Å². The lowest BCUT2D eigenvalue weighted by Gasteiger charge is -2.16. The van der Waals surface area contributed by atoms with Gasteiger partial charge in [-0.25, -0.2) is 4.98 Å². The Labute approximate surface area is 189 Å². The van der Waals surface area contributed by atoms with Crippen LogP contribution < -0.4 is 10.1 Å². The molecule has 0 saturated heterocycles. The average Bonchev–Trinajstić information content (AvgIpc) is 3.33. The number of ether oxygens (including phenoxy) is 1. The molecule has 1 aromatic heterocycles. The molecule has 0 atom stereocenters. The molecule has 0 spiro atoms. The first kappa shape index (κ1) is 20.4. The molecule has 3 amide bonds. The number of benzene rings is 2. The minimum Gasteiger partial charge on any atom is -0.496 e. The minimum absolute atomic E-state index is 0.0716. The molecule has 162 valence electrons. The maximum Gasteiger partial charge on any atom is 0.261 e. The van der Waals surface area contributed by atoms with Crippen molar-refractivity contribution < 1.29 is 19.1 Å². The van der Waals surface area contributed by atoms with Gasteiger partial charge in [-0.05, 0) is 55.5 Å². The molecular weight excluding hydrogens is 426 g/mol. The number of anilines is 1. The van der Waals surface area contributed by atoms with Gasteiger partial charge in [-0.2, -0.15) is 0 Å². The zero-order valence-electron chi connectivity index (χ0n) is 17.5. The molecule has 2 aromatic carbocycles. The van der Waals surface area contributed by atoms with Gasteiger partial charge in [0.05, 0.1) is 36.0 Å². The van der Waals surface area contributed by atoms with Gasteiger partial charge >= 0.3 is 0 Å². The van der Waals surface area contributed by atoms with Crippen molar-refractivity contribution in [1.29, 1.82) is 0 Å². The van der Waals surface area contributed by atoms with Crippen LogP contribution in [-0.2, 0) is 19.4 Å². The first-order valence-electron chi connectivity index (χ1n) is 10.5. The number of methoxy groups -OCH3 is 1. The van der Waals surface area contributed by atoms with Crippen LogP contribution in [0.2, 0.25) is 0 Å². The smallest absolute Gasteiger partial charge is 0.261 e. The van der Waals surface area contributed by atoms with Gasteiger partial charge in [0, 0.05) is 4.88 Å². The van der Waals surface area contributed by atoms with Crippen molar-refractivity contribution in [2.45, 2.75) is 32.2 Å². The van der Waals surface area contributed by atoms with Gasteiger partial charge in [0.15, 0.2) is 5.13 Å². The number of aromatic nitrogens is 1. The summed E-state index contributed by atoms with van der Waals surface area (Å²) in [5.41, 5.74) is 2.86. The Morgan fingerprint density at radius 1 is 1.09 bits per heavy atom. The topological polar surface area (TPSA) is 88.6 Å². The second-order valence-electron chi connectivity index (χ2n) is 7.83. The van der Waals surface area contributed by atoms with E-state index in [2.05, 4.69) is 10.3 Å². The van der Waals surface area contributed by atoms with Crippen molar-refractivity contribution >= 4 is 34.2 Å². The van der Waals surface area contributed by atoms with Crippen LogP contribution in [0.25, 0.3) is 0 Å². The zero-order valence-corrected chi connectivity index (χ0v) is 18.3. The van der Waals surface area contributed by atoms with E-state index in [1.165, 1.54) is 28.2 Å². The Morgan fingerprint density at radius 2 is 1.81 bits per heavy atom. The number of carbonyl (C=O) groups is 3. The van der Waals surface area contributed by atoms with E-state index < -0.39 is 0 Å². The summed E-state index contributed by atoms with van der Waals surface area (Å²) in [7, 11) is 1.50. The second-order valence-corrected chi connectivity index (χ2v) is 8.91. The zero-order chi connectivity index (χ0) is 22.2. The normalized spacial score (nSPS) is 14.8. The first-order valence-corrected chi connectivity index (χ1v) is 11.3. The highest BCUT2D eigenvalue weighted by Crippen LogP contribution is 2.31. The number of imide groups is 1. The molecule has 2 aliphatic rings. The van der Waals surface area contributed by atoms with E-state index in [9.17, 15) is 14.4 Å². The van der Waals surface area contributed by atoms with Gasteiger partial charge < -0.3 is 4.74 Å². The van der Waals surface area contributed by atoms with Gasteiger partial charge in [-0.3, -0.25) is 24.6 Å². The van der Waals surface area contributed by atoms with Crippen LogP contribution in [0.15, 0.2) is 42.5 Å². The van der Waals surface area contributed by atoms with Crippen molar-refractivity contribution in [3.05, 3.63) is 75.3 Å². The molecule has 0 unspecified atom stereocenters. The van der Waals surface area contributed by atoms with E-state index in [1.807, 2.05) is 0 Å².